The number of hydrogen-bond acceptors (Lipinski definition) is 5. The molecule has 0 heterocycles. The van der Waals surface area contributed by atoms with Crippen molar-refractivity contribution in [1.29, 1.82) is 0 Å². The minimum atomic E-state index is -0.432. The highest BCUT2D eigenvalue weighted by atomic mass is 16.6. The minimum absolute atomic E-state index is 0.364. The molecule has 0 N–H and O–H groups in total. The number of hydrogen-bond donors (Lipinski definition) is 0. The van der Waals surface area contributed by atoms with Crippen LogP contribution in [0.3, 0.4) is 0 Å². The Kier molecular flexibility index (Phi) is 5.44. The van der Waals surface area contributed by atoms with Crippen LogP contribution in [0.4, 0.5) is 0 Å². The van der Waals surface area contributed by atoms with Gasteiger partial charge in [0.05, 0.1) is 7.11 Å². The summed E-state index contributed by atoms with van der Waals surface area (Å²) in [5, 5.41) is 1.40. The fourth-order valence-electron chi connectivity index (χ4n) is 2.77. The molecule has 2 aromatic rings. The number of methoxy groups -OCH3 is 1. The molecule has 5 heteroatoms. The zero-order valence-corrected chi connectivity index (χ0v) is 14.7. The van der Waals surface area contributed by atoms with Crippen LogP contribution in [0.1, 0.15) is 38.3 Å². The normalized spacial score (nSPS) is 10.5. The van der Waals surface area contributed by atoms with Crippen LogP contribution >= 0.6 is 0 Å². The first-order valence-corrected chi connectivity index (χ1v) is 7.89. The molecule has 0 aliphatic rings. The molecule has 0 aromatic heterocycles. The number of esters is 2. The van der Waals surface area contributed by atoms with Crippen LogP contribution < -0.4 is 14.2 Å². The predicted octanol–water partition coefficient (Wildman–Crippen LogP) is 3.96. The average molecular weight is 330 g/mol. The van der Waals surface area contributed by atoms with Gasteiger partial charge in [-0.1, -0.05) is 31.0 Å². The van der Waals surface area contributed by atoms with Crippen molar-refractivity contribution in [2.24, 2.45) is 0 Å². The Hall–Kier alpha value is -2.56. The van der Waals surface area contributed by atoms with E-state index in [2.05, 4.69) is 0 Å². The van der Waals surface area contributed by atoms with Gasteiger partial charge in [-0.15, -0.1) is 0 Å². The second kappa shape index (κ2) is 7.34. The molecule has 0 unspecified atom stereocenters. The molecule has 0 spiro atoms. The van der Waals surface area contributed by atoms with E-state index in [1.165, 1.54) is 21.0 Å². The van der Waals surface area contributed by atoms with Gasteiger partial charge in [0.15, 0.2) is 11.5 Å². The van der Waals surface area contributed by atoms with Crippen LogP contribution in [0.2, 0.25) is 0 Å². The third-order valence-corrected chi connectivity index (χ3v) is 3.61. The van der Waals surface area contributed by atoms with E-state index in [0.717, 1.165) is 22.9 Å². The Morgan fingerprint density at radius 2 is 1.58 bits per heavy atom. The number of carbonyl (C=O) groups excluding carboxylic acids is 2. The smallest absolute Gasteiger partial charge is 0.308 e. The summed E-state index contributed by atoms with van der Waals surface area (Å²) in [6, 6.07) is 5.68. The van der Waals surface area contributed by atoms with Gasteiger partial charge in [-0.2, -0.15) is 0 Å². The van der Waals surface area contributed by atoms with Crippen LogP contribution in [-0.4, -0.2) is 19.0 Å². The maximum Gasteiger partial charge on any atom is 0.308 e. The van der Waals surface area contributed by atoms with E-state index < -0.39 is 11.9 Å². The number of carbonyl (C=O) groups is 2. The Morgan fingerprint density at radius 3 is 2.12 bits per heavy atom. The van der Waals surface area contributed by atoms with Gasteiger partial charge in [-0.3, -0.25) is 9.59 Å². The standard InChI is InChI=1S/C19H22O5/c1-6-7-15-17(23-12(3)20)14-9-8-11(2)10-16(14)19(18(15)22-5)24-13(4)21/h8-10H,6-7H2,1-5H3. The first-order chi connectivity index (χ1) is 11.4. The van der Waals surface area contributed by atoms with Crippen LogP contribution in [0.5, 0.6) is 17.2 Å². The van der Waals surface area contributed by atoms with Gasteiger partial charge >= 0.3 is 11.9 Å². The van der Waals surface area contributed by atoms with Crippen molar-refractivity contribution in [3.8, 4) is 17.2 Å². The second-order valence-electron chi connectivity index (χ2n) is 5.66. The first kappa shape index (κ1) is 17.8. The van der Waals surface area contributed by atoms with E-state index in [0.29, 0.717) is 29.1 Å². The number of ether oxygens (including phenoxy) is 3. The average Bonchev–Trinajstić information content (AvgIpc) is 2.50. The molecule has 5 nitrogen and oxygen atoms in total. The molecular weight excluding hydrogens is 308 g/mol. The molecule has 0 atom stereocenters. The Labute approximate surface area is 141 Å². The Balaban J connectivity index is 2.93. The Morgan fingerprint density at radius 1 is 0.958 bits per heavy atom. The topological polar surface area (TPSA) is 61.8 Å². The highest BCUT2D eigenvalue weighted by Gasteiger charge is 2.24. The van der Waals surface area contributed by atoms with Gasteiger partial charge in [-0.05, 0) is 19.4 Å². The molecule has 0 bridgehead atoms. The van der Waals surface area contributed by atoms with Crippen molar-refractivity contribution < 1.29 is 23.8 Å². The van der Waals surface area contributed by atoms with Crippen molar-refractivity contribution in [1.82, 2.24) is 0 Å². The zero-order chi connectivity index (χ0) is 17.9. The van der Waals surface area contributed by atoms with Crippen LogP contribution in [0, 0.1) is 6.92 Å². The summed E-state index contributed by atoms with van der Waals surface area (Å²) in [4.78, 5) is 23.2. The number of rotatable bonds is 5. The summed E-state index contributed by atoms with van der Waals surface area (Å²) in [6.07, 6.45) is 1.45. The fourth-order valence-corrected chi connectivity index (χ4v) is 2.77. The molecule has 0 amide bonds. The number of fused-ring (bicyclic) bond motifs is 1. The molecule has 0 aliphatic carbocycles. The molecule has 0 aliphatic heterocycles. The molecule has 0 radical (unpaired) electrons. The molecule has 128 valence electrons. The van der Waals surface area contributed by atoms with Crippen LogP contribution in [-0.2, 0) is 16.0 Å². The quantitative estimate of drug-likeness (QED) is 0.613. The van der Waals surface area contributed by atoms with Crippen LogP contribution in [0.25, 0.3) is 10.8 Å². The van der Waals surface area contributed by atoms with Crippen LogP contribution in [0.15, 0.2) is 18.2 Å². The summed E-state index contributed by atoms with van der Waals surface area (Å²) in [7, 11) is 1.51. The first-order valence-electron chi connectivity index (χ1n) is 7.89. The van der Waals surface area contributed by atoms with Crippen molar-refractivity contribution in [2.45, 2.75) is 40.5 Å². The summed E-state index contributed by atoms with van der Waals surface area (Å²) in [5.41, 5.74) is 1.72. The van der Waals surface area contributed by atoms with E-state index in [-0.39, 0.29) is 0 Å². The maximum absolute atomic E-state index is 11.6. The van der Waals surface area contributed by atoms with Crippen molar-refractivity contribution in [2.75, 3.05) is 7.11 Å². The molecular formula is C19H22O5. The van der Waals surface area contributed by atoms with Crippen molar-refractivity contribution in [3.05, 3.63) is 29.3 Å². The molecule has 2 aromatic carbocycles. The third kappa shape index (κ3) is 3.50. The van der Waals surface area contributed by atoms with E-state index >= 15 is 0 Å². The lowest BCUT2D eigenvalue weighted by atomic mass is 9.98. The lowest BCUT2D eigenvalue weighted by molar-refractivity contribution is -0.133. The zero-order valence-electron chi connectivity index (χ0n) is 14.7. The minimum Gasteiger partial charge on any atom is -0.492 e. The van der Waals surface area contributed by atoms with Gasteiger partial charge in [-0.25, -0.2) is 0 Å². The molecule has 0 saturated carbocycles. The van der Waals surface area contributed by atoms with E-state index in [9.17, 15) is 9.59 Å². The van der Waals surface area contributed by atoms with Gasteiger partial charge in [0.25, 0.3) is 0 Å². The summed E-state index contributed by atoms with van der Waals surface area (Å²) < 4.78 is 16.5. The van der Waals surface area contributed by atoms with Crippen molar-refractivity contribution in [3.63, 3.8) is 0 Å². The highest BCUT2D eigenvalue weighted by molar-refractivity contribution is 6.00. The second-order valence-corrected chi connectivity index (χ2v) is 5.66. The molecule has 0 saturated heterocycles. The molecule has 24 heavy (non-hydrogen) atoms. The summed E-state index contributed by atoms with van der Waals surface area (Å²) in [5.74, 6) is 0.423. The number of benzene rings is 2. The maximum atomic E-state index is 11.6. The lowest BCUT2D eigenvalue weighted by Gasteiger charge is -2.20. The summed E-state index contributed by atoms with van der Waals surface area (Å²) >= 11 is 0. The van der Waals surface area contributed by atoms with Gasteiger partial charge in [0.2, 0.25) is 0 Å². The summed E-state index contributed by atoms with van der Waals surface area (Å²) in [6.45, 7) is 6.67. The van der Waals surface area contributed by atoms with Gasteiger partial charge in [0, 0.05) is 30.2 Å². The third-order valence-electron chi connectivity index (χ3n) is 3.61. The lowest BCUT2D eigenvalue weighted by Crippen LogP contribution is -2.09. The fraction of sp³-hybridized carbons (Fsp3) is 0.368. The largest absolute Gasteiger partial charge is 0.492 e. The monoisotopic (exact) mass is 330 g/mol. The highest BCUT2D eigenvalue weighted by Crippen LogP contribution is 2.46. The van der Waals surface area contributed by atoms with E-state index in [1.807, 2.05) is 32.0 Å². The van der Waals surface area contributed by atoms with E-state index in [4.69, 9.17) is 14.2 Å². The van der Waals surface area contributed by atoms with Gasteiger partial charge < -0.3 is 14.2 Å². The Bertz CT molecular complexity index is 792. The molecule has 2 rings (SSSR count). The number of aryl methyl sites for hydroxylation is 1. The molecule has 0 fully saturated rings. The van der Waals surface area contributed by atoms with Crippen molar-refractivity contribution >= 4 is 22.7 Å². The van der Waals surface area contributed by atoms with E-state index in [1.54, 1.807) is 0 Å². The SMILES string of the molecule is CCCc1c(OC)c(OC(C)=O)c2cc(C)ccc2c1OC(C)=O. The predicted molar refractivity (Wildman–Crippen MR) is 91.9 cm³/mol. The van der Waals surface area contributed by atoms with Gasteiger partial charge in [0.1, 0.15) is 5.75 Å².